The molecule has 0 fully saturated rings. The predicted octanol–water partition coefficient (Wildman–Crippen LogP) is 6.42. The molecule has 2 atom stereocenters. The summed E-state index contributed by atoms with van der Waals surface area (Å²) in [5.41, 5.74) is 4.32. The monoisotopic (exact) mass is 539 g/mol. The summed E-state index contributed by atoms with van der Waals surface area (Å²) >= 11 is 0. The van der Waals surface area contributed by atoms with Gasteiger partial charge in [0.1, 0.15) is 11.5 Å². The van der Waals surface area contributed by atoms with Crippen molar-refractivity contribution in [1.82, 2.24) is 5.32 Å². The Hall–Kier alpha value is -4.52. The first kappa shape index (κ1) is 27.1. The molecule has 1 heterocycles. The topological polar surface area (TPSA) is 83.1 Å². The highest BCUT2D eigenvalue weighted by Gasteiger charge is 2.41. The van der Waals surface area contributed by atoms with Crippen molar-refractivity contribution in [3.63, 3.8) is 0 Å². The van der Waals surface area contributed by atoms with Crippen LogP contribution in [0, 0.1) is 0 Å². The smallest absolute Gasteiger partial charge is 0.336 e. The van der Waals surface area contributed by atoms with E-state index < -0.39 is 11.9 Å². The minimum atomic E-state index is -0.575. The van der Waals surface area contributed by atoms with Crippen LogP contribution in [-0.4, -0.2) is 32.6 Å². The molecule has 3 aromatic rings. The van der Waals surface area contributed by atoms with E-state index in [-0.39, 0.29) is 18.3 Å². The van der Waals surface area contributed by atoms with Crippen molar-refractivity contribution in [2.24, 2.45) is 0 Å². The molecule has 0 amide bonds. The molecule has 1 aliphatic carbocycles. The lowest BCUT2D eigenvalue weighted by Crippen LogP contribution is -2.36. The number of ketones is 1. The highest BCUT2D eigenvalue weighted by molar-refractivity contribution is 6.04. The summed E-state index contributed by atoms with van der Waals surface area (Å²) in [5.74, 6) is 1.51. The molecule has 0 unspecified atom stereocenters. The second kappa shape index (κ2) is 11.7. The van der Waals surface area contributed by atoms with Crippen molar-refractivity contribution in [2.45, 2.75) is 38.5 Å². The van der Waals surface area contributed by atoms with Gasteiger partial charge in [0.05, 0.1) is 26.4 Å². The van der Waals surface area contributed by atoms with Gasteiger partial charge in [-0.15, -0.1) is 0 Å². The van der Waals surface area contributed by atoms with Crippen molar-refractivity contribution in [1.29, 1.82) is 0 Å². The van der Waals surface area contributed by atoms with Crippen molar-refractivity contribution in [3.05, 3.63) is 106 Å². The molecule has 1 aliphatic heterocycles. The quantitative estimate of drug-likeness (QED) is 0.331. The SMILES string of the molecule is CCOC(=O)C1=C(C)NC2=C(C(=O)C[C@H](c3ccc(OC)c(OC)c3)C2)[C@@H]1c1cccc(Oc2ccccc2)c1. The fourth-order valence-corrected chi connectivity index (χ4v) is 5.58. The minimum Gasteiger partial charge on any atom is -0.493 e. The van der Waals surface area contributed by atoms with E-state index in [2.05, 4.69) is 5.32 Å². The minimum absolute atomic E-state index is 0.0118. The Labute approximate surface area is 234 Å². The van der Waals surface area contributed by atoms with Gasteiger partial charge >= 0.3 is 5.97 Å². The fourth-order valence-electron chi connectivity index (χ4n) is 5.58. The summed E-state index contributed by atoms with van der Waals surface area (Å²) < 4.78 is 22.4. The first-order chi connectivity index (χ1) is 19.4. The maximum absolute atomic E-state index is 13.9. The Morgan fingerprint density at radius 3 is 2.35 bits per heavy atom. The van der Waals surface area contributed by atoms with Crippen molar-refractivity contribution < 1.29 is 28.5 Å². The van der Waals surface area contributed by atoms with E-state index in [0.29, 0.717) is 52.7 Å². The van der Waals surface area contributed by atoms with Gasteiger partial charge in [-0.05, 0) is 73.7 Å². The van der Waals surface area contributed by atoms with Gasteiger partial charge in [0, 0.05) is 29.3 Å². The number of Topliss-reactive ketones (excluding diaryl/α,β-unsaturated/α-hetero) is 1. The maximum atomic E-state index is 13.9. The lowest BCUT2D eigenvalue weighted by Gasteiger charge is -2.36. The molecule has 3 aromatic carbocycles. The zero-order chi connectivity index (χ0) is 28.2. The Morgan fingerprint density at radius 1 is 0.875 bits per heavy atom. The van der Waals surface area contributed by atoms with Gasteiger partial charge in [0.2, 0.25) is 0 Å². The lowest BCUT2D eigenvalue weighted by atomic mass is 9.71. The zero-order valence-electron chi connectivity index (χ0n) is 23.2. The van der Waals surface area contributed by atoms with Gasteiger partial charge < -0.3 is 24.3 Å². The van der Waals surface area contributed by atoms with Crippen LogP contribution in [0.15, 0.2) is 95.3 Å². The first-order valence-electron chi connectivity index (χ1n) is 13.4. The third kappa shape index (κ3) is 5.32. The number of nitrogens with one attached hydrogen (secondary N) is 1. The lowest BCUT2D eigenvalue weighted by molar-refractivity contribution is -0.138. The average Bonchev–Trinajstić information content (AvgIpc) is 2.96. The highest BCUT2D eigenvalue weighted by Crippen LogP contribution is 2.47. The molecular weight excluding hydrogens is 506 g/mol. The second-order valence-electron chi connectivity index (χ2n) is 9.84. The van der Waals surface area contributed by atoms with Gasteiger partial charge in [0.15, 0.2) is 17.3 Å². The molecule has 0 saturated carbocycles. The number of allylic oxidation sites excluding steroid dienone is 3. The predicted molar refractivity (Wildman–Crippen MR) is 152 cm³/mol. The Bertz CT molecular complexity index is 1490. The van der Waals surface area contributed by atoms with Gasteiger partial charge in [-0.1, -0.05) is 36.4 Å². The van der Waals surface area contributed by atoms with E-state index in [1.165, 1.54) is 0 Å². The number of dihydropyridines is 1. The summed E-state index contributed by atoms with van der Waals surface area (Å²) in [6.07, 6.45) is 0.919. The van der Waals surface area contributed by atoms with E-state index in [9.17, 15) is 9.59 Å². The number of para-hydroxylation sites is 1. The molecule has 7 heteroatoms. The molecule has 1 N–H and O–H groups in total. The number of ether oxygens (including phenoxy) is 4. The first-order valence-corrected chi connectivity index (χ1v) is 13.4. The number of hydrogen-bond donors (Lipinski definition) is 1. The molecular formula is C33H33NO6. The third-order valence-corrected chi connectivity index (χ3v) is 7.37. The molecule has 0 radical (unpaired) electrons. The van der Waals surface area contributed by atoms with Crippen LogP contribution in [0.1, 0.15) is 49.7 Å². The fraction of sp³-hybridized carbons (Fsp3) is 0.273. The molecule has 0 spiro atoms. The van der Waals surface area contributed by atoms with Crippen LogP contribution >= 0.6 is 0 Å². The summed E-state index contributed by atoms with van der Waals surface area (Å²) in [6.45, 7) is 3.87. The summed E-state index contributed by atoms with van der Waals surface area (Å²) in [5, 5.41) is 3.39. The van der Waals surface area contributed by atoms with E-state index in [1.54, 1.807) is 21.1 Å². The van der Waals surface area contributed by atoms with Gasteiger partial charge in [-0.2, -0.15) is 0 Å². The van der Waals surface area contributed by atoms with Crippen LogP contribution in [0.25, 0.3) is 0 Å². The van der Waals surface area contributed by atoms with Gasteiger partial charge in [-0.25, -0.2) is 4.79 Å². The number of carbonyl (C=O) groups is 2. The van der Waals surface area contributed by atoms with Crippen LogP contribution < -0.4 is 19.5 Å². The van der Waals surface area contributed by atoms with Crippen LogP contribution in [0.4, 0.5) is 0 Å². The van der Waals surface area contributed by atoms with E-state index in [4.69, 9.17) is 18.9 Å². The van der Waals surface area contributed by atoms with Crippen LogP contribution in [-0.2, 0) is 14.3 Å². The van der Waals surface area contributed by atoms with E-state index in [0.717, 1.165) is 16.8 Å². The largest absolute Gasteiger partial charge is 0.493 e. The molecule has 0 bridgehead atoms. The average molecular weight is 540 g/mol. The van der Waals surface area contributed by atoms with Gasteiger partial charge in [-0.3, -0.25) is 4.79 Å². The Balaban J connectivity index is 1.55. The highest BCUT2D eigenvalue weighted by atomic mass is 16.5. The summed E-state index contributed by atoms with van der Waals surface area (Å²) in [4.78, 5) is 27.2. The normalized spacial score (nSPS) is 18.6. The van der Waals surface area contributed by atoms with Crippen LogP contribution in [0.3, 0.4) is 0 Å². The summed E-state index contributed by atoms with van der Waals surface area (Å²) in [6, 6.07) is 22.8. The zero-order valence-corrected chi connectivity index (χ0v) is 23.2. The number of esters is 1. The van der Waals surface area contributed by atoms with Crippen molar-refractivity contribution in [2.75, 3.05) is 20.8 Å². The number of carbonyl (C=O) groups excluding carboxylic acids is 2. The van der Waals surface area contributed by atoms with E-state index in [1.807, 2.05) is 79.7 Å². The molecule has 5 rings (SSSR count). The molecule has 40 heavy (non-hydrogen) atoms. The standard InChI is InChI=1S/C33H33NO6/c1-5-39-33(36)30-20(2)34-26-17-23(21-14-15-28(37-3)29(19-21)38-4)18-27(35)32(26)31(30)22-10-9-13-25(16-22)40-24-11-7-6-8-12-24/h6-16,19,23,31,34H,5,17-18H2,1-4H3/t23-,31-/m1/s1. The number of methoxy groups -OCH3 is 2. The molecule has 0 aromatic heterocycles. The van der Waals surface area contributed by atoms with Gasteiger partial charge in [0.25, 0.3) is 0 Å². The van der Waals surface area contributed by atoms with Crippen molar-refractivity contribution >= 4 is 11.8 Å². The summed E-state index contributed by atoms with van der Waals surface area (Å²) in [7, 11) is 3.20. The van der Waals surface area contributed by atoms with Crippen molar-refractivity contribution in [3.8, 4) is 23.0 Å². The maximum Gasteiger partial charge on any atom is 0.336 e. The third-order valence-electron chi connectivity index (χ3n) is 7.37. The van der Waals surface area contributed by atoms with Crippen LogP contribution in [0.5, 0.6) is 23.0 Å². The number of hydrogen-bond acceptors (Lipinski definition) is 7. The van der Waals surface area contributed by atoms with E-state index >= 15 is 0 Å². The molecule has 0 saturated heterocycles. The molecule has 7 nitrogen and oxygen atoms in total. The van der Waals surface area contributed by atoms with Crippen LogP contribution in [0.2, 0.25) is 0 Å². The number of rotatable bonds is 8. The molecule has 2 aliphatic rings. The molecule has 206 valence electrons. The Morgan fingerprint density at radius 2 is 1.62 bits per heavy atom. The Kier molecular flexibility index (Phi) is 7.91. The number of benzene rings is 3. The second-order valence-corrected chi connectivity index (χ2v) is 9.84.